The quantitative estimate of drug-likeness (QED) is 0.816. The van der Waals surface area contributed by atoms with E-state index < -0.39 is 18.9 Å². The maximum Gasteiger partial charge on any atom is 0.255 e. The van der Waals surface area contributed by atoms with Gasteiger partial charge in [0, 0.05) is 16.6 Å². The zero-order valence-corrected chi connectivity index (χ0v) is 12.7. The van der Waals surface area contributed by atoms with E-state index >= 15 is 0 Å². The van der Waals surface area contributed by atoms with Gasteiger partial charge in [-0.25, -0.2) is 8.78 Å². The van der Waals surface area contributed by atoms with Crippen molar-refractivity contribution in [3.05, 3.63) is 28.2 Å². The molecular formula is C14H16BrF2NO2. The summed E-state index contributed by atoms with van der Waals surface area (Å²) in [4.78, 5) is 13.7. The molecule has 1 atom stereocenters. The highest BCUT2D eigenvalue weighted by Crippen LogP contribution is 2.36. The number of benzene rings is 1. The number of ether oxygens (including phenoxy) is 1. The van der Waals surface area contributed by atoms with Crippen LogP contribution in [0.15, 0.2) is 22.7 Å². The normalized spacial score (nSPS) is 16.9. The molecule has 20 heavy (non-hydrogen) atoms. The Morgan fingerprint density at radius 1 is 1.55 bits per heavy atom. The van der Waals surface area contributed by atoms with Crippen molar-refractivity contribution >= 4 is 21.8 Å². The van der Waals surface area contributed by atoms with Gasteiger partial charge in [0.05, 0.1) is 6.54 Å². The predicted molar refractivity (Wildman–Crippen MR) is 75.3 cm³/mol. The van der Waals surface area contributed by atoms with Crippen molar-refractivity contribution in [2.45, 2.75) is 25.7 Å². The smallest absolute Gasteiger partial charge is 0.255 e. The molecule has 1 heterocycles. The van der Waals surface area contributed by atoms with Crippen molar-refractivity contribution in [3.63, 3.8) is 0 Å². The molecule has 3 nitrogen and oxygen atoms in total. The summed E-state index contributed by atoms with van der Waals surface area (Å²) in [6.07, 6.45) is -1.87. The van der Waals surface area contributed by atoms with Gasteiger partial charge in [0.15, 0.2) is 0 Å². The minimum atomic E-state index is -2.52. The van der Waals surface area contributed by atoms with Gasteiger partial charge in [-0.05, 0) is 24.6 Å². The molecule has 0 aliphatic carbocycles. The van der Waals surface area contributed by atoms with Crippen LogP contribution in [-0.4, -0.2) is 36.9 Å². The first kappa shape index (κ1) is 15.2. The van der Waals surface area contributed by atoms with Crippen LogP contribution < -0.4 is 4.74 Å². The molecule has 0 N–H and O–H groups in total. The summed E-state index contributed by atoms with van der Waals surface area (Å²) >= 11 is 3.35. The van der Waals surface area contributed by atoms with Crippen LogP contribution in [0.4, 0.5) is 8.78 Å². The standard InChI is InChI=1S/C14H16BrF2NO2/c1-2-5-18(7-13(16)17)14(19)11-8-20-12-4-3-9(15)6-10(11)12/h3-4,6,11,13H,2,5,7-8H2,1H3/t11-/m1/s1. The van der Waals surface area contributed by atoms with Crippen LogP contribution >= 0.6 is 15.9 Å². The Bertz CT molecular complexity index is 496. The van der Waals surface area contributed by atoms with Crippen molar-refractivity contribution in [1.82, 2.24) is 4.90 Å². The molecule has 0 unspecified atom stereocenters. The van der Waals surface area contributed by atoms with E-state index in [1.54, 1.807) is 6.07 Å². The third-order valence-electron chi connectivity index (χ3n) is 3.21. The van der Waals surface area contributed by atoms with Crippen LogP contribution in [0, 0.1) is 0 Å². The Morgan fingerprint density at radius 2 is 2.30 bits per heavy atom. The topological polar surface area (TPSA) is 29.5 Å². The number of halogens is 3. The van der Waals surface area contributed by atoms with Gasteiger partial charge in [0.25, 0.3) is 6.43 Å². The molecule has 0 saturated carbocycles. The second kappa shape index (κ2) is 6.52. The van der Waals surface area contributed by atoms with E-state index in [0.717, 1.165) is 10.0 Å². The first-order chi connectivity index (χ1) is 9.52. The highest BCUT2D eigenvalue weighted by molar-refractivity contribution is 9.10. The van der Waals surface area contributed by atoms with Crippen molar-refractivity contribution in [2.24, 2.45) is 0 Å². The zero-order valence-electron chi connectivity index (χ0n) is 11.1. The van der Waals surface area contributed by atoms with Crippen LogP contribution in [0.5, 0.6) is 5.75 Å². The van der Waals surface area contributed by atoms with E-state index in [2.05, 4.69) is 15.9 Å². The molecule has 1 aromatic carbocycles. The highest BCUT2D eigenvalue weighted by Gasteiger charge is 2.34. The Morgan fingerprint density at radius 3 is 2.95 bits per heavy atom. The fourth-order valence-electron chi connectivity index (χ4n) is 2.34. The number of hydrogen-bond donors (Lipinski definition) is 0. The maximum atomic E-state index is 12.6. The number of alkyl halides is 2. The van der Waals surface area contributed by atoms with Gasteiger partial charge >= 0.3 is 0 Å². The summed E-state index contributed by atoms with van der Waals surface area (Å²) in [6.45, 7) is 1.89. The third-order valence-corrected chi connectivity index (χ3v) is 3.71. The van der Waals surface area contributed by atoms with E-state index in [0.29, 0.717) is 18.7 Å². The molecular weight excluding hydrogens is 332 g/mol. The van der Waals surface area contributed by atoms with Gasteiger partial charge in [0.2, 0.25) is 5.91 Å². The molecule has 0 radical (unpaired) electrons. The van der Waals surface area contributed by atoms with E-state index in [1.807, 2.05) is 19.1 Å². The Hall–Kier alpha value is -1.17. The summed E-state index contributed by atoms with van der Waals surface area (Å²) in [5, 5.41) is 0. The predicted octanol–water partition coefficient (Wildman–Crippen LogP) is 3.43. The molecule has 1 aromatic rings. The summed E-state index contributed by atoms with van der Waals surface area (Å²) in [5.74, 6) is -0.128. The molecule has 0 aromatic heterocycles. The first-order valence-electron chi connectivity index (χ1n) is 6.52. The monoisotopic (exact) mass is 347 g/mol. The SMILES string of the molecule is CCCN(CC(F)F)C(=O)[C@@H]1COc2ccc(Br)cc21. The molecule has 110 valence electrons. The Balaban J connectivity index is 2.19. The molecule has 1 aliphatic heterocycles. The van der Waals surface area contributed by atoms with E-state index in [-0.39, 0.29) is 12.5 Å². The van der Waals surface area contributed by atoms with Crippen molar-refractivity contribution in [3.8, 4) is 5.75 Å². The number of carbonyl (C=O) groups excluding carboxylic acids is 1. The van der Waals surface area contributed by atoms with Gasteiger partial charge in [-0.3, -0.25) is 4.79 Å². The number of rotatable bonds is 5. The average Bonchev–Trinajstić information content (AvgIpc) is 2.79. The lowest BCUT2D eigenvalue weighted by Gasteiger charge is -2.24. The van der Waals surface area contributed by atoms with Crippen molar-refractivity contribution in [1.29, 1.82) is 0 Å². The lowest BCUT2D eigenvalue weighted by atomic mass is 9.99. The second-order valence-corrected chi connectivity index (χ2v) is 5.64. The van der Waals surface area contributed by atoms with Gasteiger partial charge in [-0.15, -0.1) is 0 Å². The lowest BCUT2D eigenvalue weighted by molar-refractivity contribution is -0.135. The molecule has 0 fully saturated rings. The highest BCUT2D eigenvalue weighted by atomic mass is 79.9. The van der Waals surface area contributed by atoms with Crippen LogP contribution in [-0.2, 0) is 4.79 Å². The van der Waals surface area contributed by atoms with Crippen LogP contribution in [0.3, 0.4) is 0 Å². The Kier molecular flexibility index (Phi) is 4.96. The first-order valence-corrected chi connectivity index (χ1v) is 7.31. The molecule has 0 spiro atoms. The fourth-order valence-corrected chi connectivity index (χ4v) is 2.72. The van der Waals surface area contributed by atoms with Crippen molar-refractivity contribution < 1.29 is 18.3 Å². The molecule has 2 rings (SSSR count). The second-order valence-electron chi connectivity index (χ2n) is 4.72. The number of fused-ring (bicyclic) bond motifs is 1. The van der Waals surface area contributed by atoms with Gasteiger partial charge in [0.1, 0.15) is 18.3 Å². The van der Waals surface area contributed by atoms with Gasteiger partial charge in [-0.2, -0.15) is 0 Å². The zero-order chi connectivity index (χ0) is 14.7. The average molecular weight is 348 g/mol. The third kappa shape index (κ3) is 3.29. The van der Waals surface area contributed by atoms with E-state index in [9.17, 15) is 13.6 Å². The minimum Gasteiger partial charge on any atom is -0.492 e. The summed E-state index contributed by atoms with van der Waals surface area (Å²) in [7, 11) is 0. The molecule has 0 bridgehead atoms. The van der Waals surface area contributed by atoms with Gasteiger partial charge < -0.3 is 9.64 Å². The minimum absolute atomic E-state index is 0.216. The number of amides is 1. The van der Waals surface area contributed by atoms with Crippen molar-refractivity contribution in [2.75, 3.05) is 19.7 Å². The number of hydrogen-bond acceptors (Lipinski definition) is 2. The summed E-state index contributed by atoms with van der Waals surface area (Å²) in [5.41, 5.74) is 0.764. The Labute approximate surface area is 125 Å². The van der Waals surface area contributed by atoms with Gasteiger partial charge in [-0.1, -0.05) is 22.9 Å². The van der Waals surface area contributed by atoms with Crippen LogP contribution in [0.1, 0.15) is 24.8 Å². The fraction of sp³-hybridized carbons (Fsp3) is 0.500. The molecule has 0 saturated heterocycles. The summed E-state index contributed by atoms with van der Waals surface area (Å²) < 4.78 is 31.5. The summed E-state index contributed by atoms with van der Waals surface area (Å²) in [6, 6.07) is 5.43. The maximum absolute atomic E-state index is 12.6. The van der Waals surface area contributed by atoms with Crippen LogP contribution in [0.25, 0.3) is 0 Å². The number of carbonyl (C=O) groups is 1. The van der Waals surface area contributed by atoms with Crippen LogP contribution in [0.2, 0.25) is 0 Å². The van der Waals surface area contributed by atoms with E-state index in [1.165, 1.54) is 4.90 Å². The van der Waals surface area contributed by atoms with E-state index in [4.69, 9.17) is 4.74 Å². The molecule has 6 heteroatoms. The lowest BCUT2D eigenvalue weighted by Crippen LogP contribution is -2.39. The number of nitrogens with zero attached hydrogens (tertiary/aromatic N) is 1. The molecule has 1 aliphatic rings. The molecule has 1 amide bonds. The largest absolute Gasteiger partial charge is 0.492 e.